The van der Waals surface area contributed by atoms with Crippen LogP contribution in [0.1, 0.15) is 29.1 Å². The van der Waals surface area contributed by atoms with Crippen LogP contribution in [0.2, 0.25) is 0 Å². The molecule has 31 heavy (non-hydrogen) atoms. The largest absolute Gasteiger partial charge is 0.489 e. The van der Waals surface area contributed by atoms with E-state index in [4.69, 9.17) is 4.74 Å². The molecule has 1 aliphatic heterocycles. The third kappa shape index (κ3) is 6.12. The zero-order valence-corrected chi connectivity index (χ0v) is 18.3. The van der Waals surface area contributed by atoms with Gasteiger partial charge in [-0.15, -0.1) is 11.3 Å². The van der Waals surface area contributed by atoms with E-state index in [0.717, 1.165) is 54.4 Å². The first-order valence-corrected chi connectivity index (χ1v) is 11.3. The van der Waals surface area contributed by atoms with E-state index in [2.05, 4.69) is 20.6 Å². The number of carbonyl (C=O) groups is 1. The number of amides is 1. The molecule has 0 unspecified atom stereocenters. The maximum atomic E-state index is 13.3. The highest BCUT2D eigenvalue weighted by Gasteiger charge is 2.25. The second kappa shape index (κ2) is 10.0. The summed E-state index contributed by atoms with van der Waals surface area (Å²) in [4.78, 5) is 19.6. The van der Waals surface area contributed by atoms with Crippen molar-refractivity contribution in [3.05, 3.63) is 76.0 Å². The van der Waals surface area contributed by atoms with Gasteiger partial charge in [-0.1, -0.05) is 18.2 Å². The zero-order valence-electron chi connectivity index (χ0n) is 17.5. The Morgan fingerprint density at radius 3 is 2.77 bits per heavy atom. The van der Waals surface area contributed by atoms with Gasteiger partial charge in [0.05, 0.1) is 10.7 Å². The molecule has 1 aliphatic rings. The minimum atomic E-state index is -0.328. The number of benzene rings is 2. The van der Waals surface area contributed by atoms with E-state index in [1.54, 1.807) is 23.5 Å². The van der Waals surface area contributed by atoms with E-state index in [0.29, 0.717) is 12.4 Å². The first-order chi connectivity index (χ1) is 15.0. The number of aromatic nitrogens is 1. The Labute approximate surface area is 185 Å². The van der Waals surface area contributed by atoms with Crippen molar-refractivity contribution in [1.29, 1.82) is 0 Å². The van der Waals surface area contributed by atoms with Crippen LogP contribution in [-0.2, 0) is 17.9 Å². The lowest BCUT2D eigenvalue weighted by Gasteiger charge is -2.30. The monoisotopic (exact) mass is 439 g/mol. The number of halogens is 1. The Morgan fingerprint density at radius 1 is 1.23 bits per heavy atom. The van der Waals surface area contributed by atoms with Crippen molar-refractivity contribution in [2.45, 2.75) is 32.9 Å². The minimum Gasteiger partial charge on any atom is -0.489 e. The molecule has 2 heterocycles. The van der Waals surface area contributed by atoms with Crippen molar-refractivity contribution in [1.82, 2.24) is 9.88 Å². The fraction of sp³-hybridized carbons (Fsp3) is 0.333. The topological polar surface area (TPSA) is 54.5 Å². The first kappa shape index (κ1) is 21.5. The van der Waals surface area contributed by atoms with Crippen molar-refractivity contribution in [2.24, 2.45) is 5.92 Å². The molecule has 0 atom stereocenters. The van der Waals surface area contributed by atoms with Crippen LogP contribution in [-0.4, -0.2) is 28.9 Å². The highest BCUT2D eigenvalue weighted by Crippen LogP contribution is 2.22. The van der Waals surface area contributed by atoms with Crippen LogP contribution < -0.4 is 10.1 Å². The van der Waals surface area contributed by atoms with E-state index >= 15 is 0 Å². The number of hydrogen-bond donors (Lipinski definition) is 1. The molecular weight excluding hydrogens is 413 g/mol. The summed E-state index contributed by atoms with van der Waals surface area (Å²) in [5.74, 6) is 0.230. The third-order valence-electron chi connectivity index (χ3n) is 5.41. The predicted octanol–water partition coefficient (Wildman–Crippen LogP) is 5.02. The van der Waals surface area contributed by atoms with Gasteiger partial charge < -0.3 is 10.1 Å². The van der Waals surface area contributed by atoms with E-state index in [9.17, 15) is 9.18 Å². The maximum absolute atomic E-state index is 13.3. The lowest BCUT2D eigenvalue weighted by atomic mass is 9.95. The molecule has 1 fully saturated rings. The van der Waals surface area contributed by atoms with Gasteiger partial charge in [-0.05, 0) is 62.7 Å². The van der Waals surface area contributed by atoms with E-state index in [-0.39, 0.29) is 17.6 Å². The van der Waals surface area contributed by atoms with Crippen molar-refractivity contribution in [3.63, 3.8) is 0 Å². The van der Waals surface area contributed by atoms with Crippen molar-refractivity contribution in [2.75, 3.05) is 18.4 Å². The van der Waals surface area contributed by atoms with Crippen LogP contribution in [0.5, 0.6) is 5.75 Å². The molecule has 1 aromatic heterocycles. The van der Waals surface area contributed by atoms with Gasteiger partial charge in [0.1, 0.15) is 18.2 Å². The lowest BCUT2D eigenvalue weighted by Crippen LogP contribution is -2.37. The number of likely N-dealkylation sites (tertiary alicyclic amines) is 1. The van der Waals surface area contributed by atoms with E-state index in [1.165, 1.54) is 12.1 Å². The van der Waals surface area contributed by atoms with Gasteiger partial charge in [-0.3, -0.25) is 9.69 Å². The number of anilines is 1. The van der Waals surface area contributed by atoms with Gasteiger partial charge in [-0.25, -0.2) is 9.37 Å². The fourth-order valence-corrected chi connectivity index (χ4v) is 4.37. The molecule has 1 N–H and O–H groups in total. The highest BCUT2D eigenvalue weighted by molar-refractivity contribution is 7.09. The Hall–Kier alpha value is -2.77. The van der Waals surface area contributed by atoms with Crippen molar-refractivity contribution in [3.8, 4) is 5.75 Å². The normalized spacial score (nSPS) is 15.0. The molecule has 3 aromatic rings. The predicted molar refractivity (Wildman–Crippen MR) is 121 cm³/mol. The highest BCUT2D eigenvalue weighted by atomic mass is 32.1. The summed E-state index contributed by atoms with van der Waals surface area (Å²) < 4.78 is 18.9. The Bertz CT molecular complexity index is 1030. The minimum absolute atomic E-state index is 0.0145. The average Bonchev–Trinajstić information content (AvgIpc) is 3.17. The molecule has 5 nitrogen and oxygen atoms in total. The molecule has 1 amide bonds. The number of hydrogen-bond acceptors (Lipinski definition) is 5. The molecule has 1 saturated heterocycles. The number of rotatable bonds is 7. The number of nitrogens with zero attached hydrogens (tertiary/aromatic N) is 2. The second-order valence-corrected chi connectivity index (χ2v) is 8.91. The summed E-state index contributed by atoms with van der Waals surface area (Å²) in [6.45, 7) is 4.98. The Kier molecular flexibility index (Phi) is 6.94. The van der Waals surface area contributed by atoms with Crippen LogP contribution >= 0.6 is 11.3 Å². The van der Waals surface area contributed by atoms with Gasteiger partial charge in [0.2, 0.25) is 5.91 Å². The third-order valence-corrected chi connectivity index (χ3v) is 6.23. The molecular formula is C24H26FN3O2S. The summed E-state index contributed by atoms with van der Waals surface area (Å²) in [6, 6.07) is 13.7. The van der Waals surface area contributed by atoms with Crippen LogP contribution in [0.15, 0.2) is 53.9 Å². The summed E-state index contributed by atoms with van der Waals surface area (Å²) in [6.07, 6.45) is 1.69. The summed E-state index contributed by atoms with van der Waals surface area (Å²) >= 11 is 1.68. The quantitative estimate of drug-likeness (QED) is 0.562. The lowest BCUT2D eigenvalue weighted by molar-refractivity contribution is -0.121. The summed E-state index contributed by atoms with van der Waals surface area (Å²) in [7, 11) is 0. The Balaban J connectivity index is 1.26. The SMILES string of the molecule is Cc1nc(CN2CCC(C(=O)Nc3cccc(COc4cccc(F)c4)c3)CC2)cs1. The first-order valence-electron chi connectivity index (χ1n) is 10.5. The average molecular weight is 440 g/mol. The fourth-order valence-electron chi connectivity index (χ4n) is 3.77. The van der Waals surface area contributed by atoms with Crippen molar-refractivity contribution < 1.29 is 13.9 Å². The molecule has 7 heteroatoms. The Morgan fingerprint density at radius 2 is 2.03 bits per heavy atom. The summed E-state index contributed by atoms with van der Waals surface area (Å²) in [5, 5.41) is 6.24. The maximum Gasteiger partial charge on any atom is 0.227 e. The molecule has 0 spiro atoms. The molecule has 4 rings (SSSR count). The molecule has 0 bridgehead atoms. The van der Waals surface area contributed by atoms with E-state index < -0.39 is 0 Å². The number of aryl methyl sites for hydroxylation is 1. The molecule has 2 aromatic carbocycles. The standard InChI is InChI=1S/C24H26FN3O2S/c1-17-26-22(16-31-17)14-28-10-8-19(9-11-28)24(29)27-21-6-2-4-18(12-21)15-30-23-7-3-5-20(25)13-23/h2-7,12-13,16,19H,8-11,14-15H2,1H3,(H,27,29). The van der Waals surface area contributed by atoms with Crippen LogP contribution in [0.3, 0.4) is 0 Å². The number of carbonyl (C=O) groups excluding carboxylic acids is 1. The molecule has 162 valence electrons. The number of piperidine rings is 1. The number of ether oxygens (including phenoxy) is 1. The smallest absolute Gasteiger partial charge is 0.227 e. The molecule has 0 radical (unpaired) electrons. The summed E-state index contributed by atoms with van der Waals surface area (Å²) in [5.41, 5.74) is 2.78. The van der Waals surface area contributed by atoms with Gasteiger partial charge >= 0.3 is 0 Å². The van der Waals surface area contributed by atoms with Gasteiger partial charge in [0.25, 0.3) is 0 Å². The van der Waals surface area contributed by atoms with Crippen LogP contribution in [0.4, 0.5) is 10.1 Å². The van der Waals surface area contributed by atoms with Crippen LogP contribution in [0, 0.1) is 18.7 Å². The zero-order chi connectivity index (χ0) is 21.6. The molecule has 0 aliphatic carbocycles. The van der Waals surface area contributed by atoms with E-state index in [1.807, 2.05) is 31.2 Å². The van der Waals surface area contributed by atoms with Gasteiger partial charge in [-0.2, -0.15) is 0 Å². The molecule has 0 saturated carbocycles. The second-order valence-electron chi connectivity index (χ2n) is 7.84. The van der Waals surface area contributed by atoms with Gasteiger partial charge in [0.15, 0.2) is 0 Å². The number of thiazole rings is 1. The van der Waals surface area contributed by atoms with Gasteiger partial charge in [0, 0.05) is 29.6 Å². The van der Waals surface area contributed by atoms with Crippen molar-refractivity contribution >= 4 is 22.9 Å². The van der Waals surface area contributed by atoms with Crippen LogP contribution in [0.25, 0.3) is 0 Å². The number of nitrogens with one attached hydrogen (secondary N) is 1.